The average Bonchev–Trinajstić information content (AvgIpc) is 2.64. The molecule has 1 radical (unpaired) electrons. The lowest BCUT2D eigenvalue weighted by molar-refractivity contribution is 0.593. The molecule has 0 aromatic heterocycles. The van der Waals surface area contributed by atoms with Gasteiger partial charge in [0.15, 0.2) is 0 Å². The first kappa shape index (κ1) is 18.4. The van der Waals surface area contributed by atoms with E-state index in [9.17, 15) is 16.8 Å². The summed E-state index contributed by atoms with van der Waals surface area (Å²) in [6.45, 7) is 3.51. The van der Waals surface area contributed by atoms with E-state index in [0.717, 1.165) is 5.56 Å². The molecule has 133 valence electrons. The lowest BCUT2D eigenvalue weighted by Gasteiger charge is -2.10. The van der Waals surface area contributed by atoms with Crippen molar-refractivity contribution in [3.8, 4) is 0 Å². The van der Waals surface area contributed by atoms with Crippen LogP contribution in [0.5, 0.6) is 0 Å². The Morgan fingerprint density at radius 3 is 2.12 bits per heavy atom. The van der Waals surface area contributed by atoms with Gasteiger partial charge in [-0.25, -0.2) is 16.8 Å². The van der Waals surface area contributed by atoms with Crippen molar-refractivity contribution < 1.29 is 16.8 Å². The second-order valence-corrected chi connectivity index (χ2v) is 9.81. The van der Waals surface area contributed by atoms with Crippen molar-refractivity contribution in [1.82, 2.24) is 0 Å². The third-order valence-corrected chi connectivity index (χ3v) is 7.63. The predicted octanol–water partition coefficient (Wildman–Crippen LogP) is 3.77. The molecule has 0 aliphatic carbocycles. The standard InChI is InChI=1S/C20H17O4S2/c1-15-11-12-16(2)20(13-15)26(23,24)19-10-6-9-18(14-19)25(21,22)17-7-4-3-5-8-17/h3-9,11-14H,1-2H3. The summed E-state index contributed by atoms with van der Waals surface area (Å²) < 4.78 is 51.5. The van der Waals surface area contributed by atoms with E-state index in [0.29, 0.717) is 5.56 Å². The minimum Gasteiger partial charge on any atom is -0.219 e. The number of sulfone groups is 2. The van der Waals surface area contributed by atoms with Crippen molar-refractivity contribution >= 4 is 19.7 Å². The number of hydrogen-bond donors (Lipinski definition) is 0. The maximum absolute atomic E-state index is 13.0. The third kappa shape index (κ3) is 3.30. The van der Waals surface area contributed by atoms with Gasteiger partial charge in [0, 0.05) is 6.07 Å². The van der Waals surface area contributed by atoms with Gasteiger partial charge >= 0.3 is 0 Å². The summed E-state index contributed by atoms with van der Waals surface area (Å²) in [5.41, 5.74) is 1.41. The molecular weight excluding hydrogens is 368 g/mol. The van der Waals surface area contributed by atoms with Crippen LogP contribution in [0.15, 0.2) is 86.3 Å². The van der Waals surface area contributed by atoms with Crippen LogP contribution in [0.4, 0.5) is 0 Å². The molecule has 0 heterocycles. The first-order valence-electron chi connectivity index (χ1n) is 7.87. The minimum atomic E-state index is -3.88. The van der Waals surface area contributed by atoms with Crippen LogP contribution in [0.25, 0.3) is 0 Å². The zero-order valence-corrected chi connectivity index (χ0v) is 15.9. The van der Waals surface area contributed by atoms with Gasteiger partial charge in [-0.3, -0.25) is 0 Å². The Morgan fingerprint density at radius 1 is 0.731 bits per heavy atom. The molecule has 4 nitrogen and oxygen atoms in total. The van der Waals surface area contributed by atoms with Crippen molar-refractivity contribution in [2.24, 2.45) is 0 Å². The summed E-state index contributed by atoms with van der Waals surface area (Å²) in [6.07, 6.45) is 0. The van der Waals surface area contributed by atoms with Crippen LogP contribution in [-0.4, -0.2) is 16.8 Å². The largest absolute Gasteiger partial charge is 0.219 e. The summed E-state index contributed by atoms with van der Waals surface area (Å²) in [5, 5.41) is 0. The molecule has 6 heteroatoms. The first-order valence-corrected chi connectivity index (χ1v) is 10.8. The quantitative estimate of drug-likeness (QED) is 0.686. The molecule has 0 saturated carbocycles. The van der Waals surface area contributed by atoms with E-state index >= 15 is 0 Å². The van der Waals surface area contributed by atoms with Crippen LogP contribution in [0.3, 0.4) is 0 Å². The Morgan fingerprint density at radius 2 is 1.42 bits per heavy atom. The van der Waals surface area contributed by atoms with E-state index in [1.54, 1.807) is 44.2 Å². The Labute approximate surface area is 154 Å². The van der Waals surface area contributed by atoms with Gasteiger partial charge in [0.2, 0.25) is 19.7 Å². The topological polar surface area (TPSA) is 68.3 Å². The molecule has 0 saturated heterocycles. The van der Waals surface area contributed by atoms with E-state index in [1.165, 1.54) is 30.3 Å². The number of aryl methyl sites for hydroxylation is 2. The predicted molar refractivity (Wildman–Crippen MR) is 98.5 cm³/mol. The molecule has 26 heavy (non-hydrogen) atoms. The van der Waals surface area contributed by atoms with Gasteiger partial charge < -0.3 is 0 Å². The molecule has 3 aromatic carbocycles. The fourth-order valence-corrected chi connectivity index (χ4v) is 5.56. The van der Waals surface area contributed by atoms with Gasteiger partial charge in [-0.05, 0) is 55.3 Å². The lowest BCUT2D eigenvalue weighted by Crippen LogP contribution is -2.07. The van der Waals surface area contributed by atoms with Crippen molar-refractivity contribution in [1.29, 1.82) is 0 Å². The van der Waals surface area contributed by atoms with Crippen molar-refractivity contribution in [2.75, 3.05) is 0 Å². The smallest absolute Gasteiger partial charge is 0.207 e. The van der Waals surface area contributed by atoms with Crippen LogP contribution in [0.2, 0.25) is 0 Å². The Bertz CT molecular complexity index is 1160. The summed E-state index contributed by atoms with van der Waals surface area (Å²) in [6, 6.07) is 19.6. The van der Waals surface area contributed by atoms with Crippen molar-refractivity contribution in [2.45, 2.75) is 33.4 Å². The molecule has 0 unspecified atom stereocenters. The van der Waals surface area contributed by atoms with Gasteiger partial charge in [0.1, 0.15) is 0 Å². The Kier molecular flexibility index (Phi) is 4.73. The van der Waals surface area contributed by atoms with Gasteiger partial charge in [-0.2, -0.15) is 0 Å². The van der Waals surface area contributed by atoms with E-state index in [2.05, 4.69) is 6.07 Å². The van der Waals surface area contributed by atoms with Gasteiger partial charge in [-0.15, -0.1) is 0 Å². The average molecular weight is 385 g/mol. The van der Waals surface area contributed by atoms with E-state index < -0.39 is 19.7 Å². The summed E-state index contributed by atoms with van der Waals surface area (Å²) in [7, 11) is -7.68. The highest BCUT2D eigenvalue weighted by Gasteiger charge is 2.24. The molecule has 0 aliphatic heterocycles. The van der Waals surface area contributed by atoms with Gasteiger partial charge in [0.05, 0.1) is 19.6 Å². The molecule has 3 aromatic rings. The second kappa shape index (κ2) is 6.70. The van der Waals surface area contributed by atoms with Gasteiger partial charge in [0.25, 0.3) is 0 Å². The molecule has 3 rings (SSSR count). The second-order valence-electron chi connectivity index (χ2n) is 5.98. The van der Waals surface area contributed by atoms with Crippen LogP contribution < -0.4 is 0 Å². The third-order valence-electron chi connectivity index (χ3n) is 4.03. The zero-order chi connectivity index (χ0) is 18.9. The number of hydrogen-bond acceptors (Lipinski definition) is 4. The summed E-state index contributed by atoms with van der Waals surface area (Å²) in [5.74, 6) is 0. The highest BCUT2D eigenvalue weighted by molar-refractivity contribution is 7.92. The molecular formula is C20H17O4S2. The highest BCUT2D eigenvalue weighted by atomic mass is 32.2. The SMILES string of the molecule is Cc1ccc(C)c(S(=O)(=O)c2[c]ccc(S(=O)(=O)c3ccccc3)c2)c1. The zero-order valence-electron chi connectivity index (χ0n) is 14.3. The fraction of sp³-hybridized carbons (Fsp3) is 0.100. The van der Waals surface area contributed by atoms with Crippen LogP contribution in [0.1, 0.15) is 11.1 Å². The van der Waals surface area contributed by atoms with Crippen molar-refractivity contribution in [3.05, 3.63) is 83.9 Å². The van der Waals surface area contributed by atoms with E-state index in [-0.39, 0.29) is 19.6 Å². The first-order chi connectivity index (χ1) is 12.2. The highest BCUT2D eigenvalue weighted by Crippen LogP contribution is 2.28. The number of rotatable bonds is 4. The maximum atomic E-state index is 13.0. The van der Waals surface area contributed by atoms with Crippen LogP contribution in [-0.2, 0) is 19.7 Å². The van der Waals surface area contributed by atoms with E-state index in [1.807, 2.05) is 6.07 Å². The summed E-state index contributed by atoms with van der Waals surface area (Å²) >= 11 is 0. The molecule has 0 aliphatic rings. The molecule has 0 amide bonds. The molecule has 0 bridgehead atoms. The summed E-state index contributed by atoms with van der Waals surface area (Å²) in [4.78, 5) is 0.0267. The molecule has 0 spiro atoms. The van der Waals surface area contributed by atoms with E-state index in [4.69, 9.17) is 0 Å². The molecule has 0 fully saturated rings. The maximum Gasteiger partial charge on any atom is 0.207 e. The Balaban J connectivity index is 2.15. The molecule has 0 atom stereocenters. The molecule has 0 N–H and O–H groups in total. The van der Waals surface area contributed by atoms with Gasteiger partial charge in [-0.1, -0.05) is 36.4 Å². The fourth-order valence-electron chi connectivity index (χ4n) is 2.60. The Hall–Kier alpha value is -2.44. The van der Waals surface area contributed by atoms with Crippen LogP contribution in [0, 0.1) is 19.9 Å². The lowest BCUT2D eigenvalue weighted by atomic mass is 10.2. The minimum absolute atomic E-state index is 0.0775. The number of benzene rings is 3. The normalized spacial score (nSPS) is 12.1. The van der Waals surface area contributed by atoms with Crippen molar-refractivity contribution in [3.63, 3.8) is 0 Å². The van der Waals surface area contributed by atoms with Crippen LogP contribution >= 0.6 is 0 Å². The monoisotopic (exact) mass is 385 g/mol.